The third kappa shape index (κ3) is 3.99. The van der Waals surface area contributed by atoms with Gasteiger partial charge in [-0.05, 0) is 37.1 Å². The molecule has 0 aliphatic carbocycles. The van der Waals surface area contributed by atoms with Crippen LogP contribution in [0.5, 0.6) is 5.75 Å². The highest BCUT2D eigenvalue weighted by Gasteiger charge is 2.48. The zero-order chi connectivity index (χ0) is 18.0. The molecule has 1 fully saturated rings. The van der Waals surface area contributed by atoms with Crippen LogP contribution in [0.1, 0.15) is 24.3 Å². The van der Waals surface area contributed by atoms with E-state index in [1.807, 2.05) is 0 Å². The van der Waals surface area contributed by atoms with Crippen LogP contribution in [-0.2, 0) is 19.6 Å². The minimum atomic E-state index is -5.72. The van der Waals surface area contributed by atoms with Crippen molar-refractivity contribution in [3.05, 3.63) is 29.8 Å². The molecule has 0 aromatic heterocycles. The number of benzene rings is 1. The quantitative estimate of drug-likeness (QED) is 0.487. The van der Waals surface area contributed by atoms with E-state index in [2.05, 4.69) is 9.50 Å². The molecule has 24 heavy (non-hydrogen) atoms. The molecular formula is C14H16F3NO5S. The van der Waals surface area contributed by atoms with Crippen molar-refractivity contribution in [3.8, 4) is 5.75 Å². The Labute approximate surface area is 137 Å². The second kappa shape index (κ2) is 6.98. The molecule has 0 saturated carbocycles. The van der Waals surface area contributed by atoms with Crippen molar-refractivity contribution in [2.45, 2.75) is 30.3 Å². The zero-order valence-electron chi connectivity index (χ0n) is 12.7. The molecule has 0 spiro atoms. The molecule has 2 atom stereocenters. The molecule has 1 saturated heterocycles. The Bertz CT molecular complexity index is 681. The smallest absolute Gasteiger partial charge is 0.469 e. The summed E-state index contributed by atoms with van der Waals surface area (Å²) >= 11 is 0. The monoisotopic (exact) mass is 367 g/mol. The van der Waals surface area contributed by atoms with Gasteiger partial charge in [0.1, 0.15) is 5.75 Å². The summed E-state index contributed by atoms with van der Waals surface area (Å²) in [4.78, 5) is 12.0. The highest BCUT2D eigenvalue weighted by Crippen LogP contribution is 2.30. The van der Waals surface area contributed by atoms with Gasteiger partial charge < -0.3 is 14.2 Å². The van der Waals surface area contributed by atoms with Crippen molar-refractivity contribution in [2.75, 3.05) is 13.7 Å². The van der Waals surface area contributed by atoms with Gasteiger partial charge in [0.2, 0.25) is 0 Å². The van der Waals surface area contributed by atoms with Crippen LogP contribution in [0.4, 0.5) is 13.2 Å². The number of halogens is 3. The maximum Gasteiger partial charge on any atom is 0.534 e. The molecule has 1 aliphatic heterocycles. The highest BCUT2D eigenvalue weighted by atomic mass is 32.2. The Morgan fingerprint density at radius 1 is 1.29 bits per heavy atom. The predicted octanol–water partition coefficient (Wildman–Crippen LogP) is 1.92. The summed E-state index contributed by atoms with van der Waals surface area (Å²) in [5.74, 6) is -1.60. The number of hydrogen-bond donors (Lipinski definition) is 1. The molecular weight excluding hydrogens is 351 g/mol. The molecule has 1 heterocycles. The topological polar surface area (TPSA) is 81.7 Å². The van der Waals surface area contributed by atoms with Gasteiger partial charge in [-0.2, -0.15) is 21.6 Å². The summed E-state index contributed by atoms with van der Waals surface area (Å²) in [6.07, 6.45) is 1.64. The van der Waals surface area contributed by atoms with Gasteiger partial charge in [0.25, 0.3) is 0 Å². The number of nitrogens with one attached hydrogen (secondary N) is 1. The molecule has 0 unspecified atom stereocenters. The molecule has 134 valence electrons. The lowest BCUT2D eigenvalue weighted by Crippen LogP contribution is -2.34. The molecule has 1 N–H and O–H groups in total. The molecule has 0 bridgehead atoms. The van der Waals surface area contributed by atoms with E-state index in [9.17, 15) is 26.4 Å². The van der Waals surface area contributed by atoms with E-state index < -0.39 is 33.3 Å². The van der Waals surface area contributed by atoms with Crippen LogP contribution in [0.25, 0.3) is 0 Å². The average Bonchev–Trinajstić information content (AvgIpc) is 3.01. The van der Waals surface area contributed by atoms with Gasteiger partial charge in [-0.15, -0.1) is 0 Å². The predicted molar refractivity (Wildman–Crippen MR) is 77.8 cm³/mol. The Morgan fingerprint density at radius 3 is 2.38 bits per heavy atom. The van der Waals surface area contributed by atoms with Crippen LogP contribution >= 0.6 is 0 Å². The third-order valence-corrected chi connectivity index (χ3v) is 4.66. The van der Waals surface area contributed by atoms with E-state index in [0.717, 1.165) is 31.5 Å². The van der Waals surface area contributed by atoms with Gasteiger partial charge in [0.15, 0.2) is 0 Å². The van der Waals surface area contributed by atoms with Crippen molar-refractivity contribution in [3.63, 3.8) is 0 Å². The van der Waals surface area contributed by atoms with Gasteiger partial charge >= 0.3 is 21.6 Å². The van der Waals surface area contributed by atoms with Crippen LogP contribution in [0.3, 0.4) is 0 Å². The number of carbonyl (C=O) groups excluding carboxylic acids is 1. The van der Waals surface area contributed by atoms with Crippen LogP contribution in [0.2, 0.25) is 0 Å². The molecule has 0 radical (unpaired) electrons. The number of carbonyl (C=O) groups is 1. The first-order chi connectivity index (χ1) is 11.2. The number of hydrogen-bond acceptors (Lipinski definition) is 6. The maximum absolute atomic E-state index is 12.3. The molecule has 6 nitrogen and oxygen atoms in total. The van der Waals surface area contributed by atoms with Crippen LogP contribution in [0.15, 0.2) is 24.3 Å². The molecule has 0 amide bonds. The van der Waals surface area contributed by atoms with E-state index in [1.54, 1.807) is 0 Å². The number of alkyl halides is 3. The maximum atomic E-state index is 12.3. The highest BCUT2D eigenvalue weighted by molar-refractivity contribution is 7.88. The van der Waals surface area contributed by atoms with Crippen LogP contribution < -0.4 is 9.50 Å². The lowest BCUT2D eigenvalue weighted by atomic mass is 9.90. The average molecular weight is 367 g/mol. The Kier molecular flexibility index (Phi) is 5.38. The number of methoxy groups -OCH3 is 1. The Morgan fingerprint density at radius 2 is 1.92 bits per heavy atom. The second-order valence-corrected chi connectivity index (χ2v) is 6.79. The Balaban J connectivity index is 2.22. The molecule has 1 aromatic rings. The van der Waals surface area contributed by atoms with E-state index in [1.165, 1.54) is 19.2 Å². The fourth-order valence-electron chi connectivity index (χ4n) is 2.56. The van der Waals surface area contributed by atoms with Gasteiger partial charge in [-0.1, -0.05) is 12.1 Å². The van der Waals surface area contributed by atoms with E-state index >= 15 is 0 Å². The summed E-state index contributed by atoms with van der Waals surface area (Å²) in [6.45, 7) is 0.753. The normalized spacial score (nSPS) is 19.8. The van der Waals surface area contributed by atoms with Crippen molar-refractivity contribution in [1.29, 1.82) is 0 Å². The van der Waals surface area contributed by atoms with Gasteiger partial charge in [-0.25, -0.2) is 0 Å². The van der Waals surface area contributed by atoms with Gasteiger partial charge in [-0.3, -0.25) is 4.79 Å². The van der Waals surface area contributed by atoms with Crippen molar-refractivity contribution >= 4 is 16.1 Å². The van der Waals surface area contributed by atoms with Gasteiger partial charge in [0, 0.05) is 6.04 Å². The fourth-order valence-corrected chi connectivity index (χ4v) is 3.02. The first-order valence-corrected chi connectivity index (χ1v) is 8.48. The standard InChI is InChI=1S/C14H16F3NO5S/c1-22-13(19)12(11-3-2-8-18-11)9-4-6-10(7-5-9)23-24(20,21)14(15,16)17/h4-7,11-12,18H,2-3,8H2,1H3/t11-,12+/m1/s1. The van der Waals surface area contributed by atoms with E-state index in [0.29, 0.717) is 5.56 Å². The summed E-state index contributed by atoms with van der Waals surface area (Å²) in [5.41, 5.74) is -5.01. The Hall–Kier alpha value is -1.81. The summed E-state index contributed by atoms with van der Waals surface area (Å²) in [5, 5.41) is 3.17. The SMILES string of the molecule is COC(=O)[C@@H](c1ccc(OS(=O)(=O)C(F)(F)F)cc1)[C@H]1CCCN1. The molecule has 1 aliphatic rings. The molecule has 10 heteroatoms. The minimum Gasteiger partial charge on any atom is -0.469 e. The second-order valence-electron chi connectivity index (χ2n) is 5.26. The molecule has 1 aromatic carbocycles. The largest absolute Gasteiger partial charge is 0.534 e. The van der Waals surface area contributed by atoms with Crippen molar-refractivity contribution < 1.29 is 35.3 Å². The van der Waals surface area contributed by atoms with Crippen LogP contribution in [0, 0.1) is 0 Å². The fraction of sp³-hybridized carbons (Fsp3) is 0.500. The summed E-state index contributed by atoms with van der Waals surface area (Å²) < 4.78 is 67.7. The number of esters is 1. The van der Waals surface area contributed by atoms with Crippen molar-refractivity contribution in [1.82, 2.24) is 5.32 Å². The summed E-state index contributed by atoms with van der Waals surface area (Å²) in [6, 6.07) is 4.70. The first kappa shape index (κ1) is 18.5. The number of ether oxygens (including phenoxy) is 1. The summed E-state index contributed by atoms with van der Waals surface area (Å²) in [7, 11) is -4.48. The minimum absolute atomic E-state index is 0.150. The lowest BCUT2D eigenvalue weighted by Gasteiger charge is -2.22. The zero-order valence-corrected chi connectivity index (χ0v) is 13.5. The third-order valence-electron chi connectivity index (χ3n) is 3.68. The number of rotatable bonds is 5. The first-order valence-electron chi connectivity index (χ1n) is 7.07. The molecule has 2 rings (SSSR count). The van der Waals surface area contributed by atoms with E-state index in [4.69, 9.17) is 4.74 Å². The van der Waals surface area contributed by atoms with Crippen molar-refractivity contribution in [2.24, 2.45) is 0 Å². The van der Waals surface area contributed by atoms with E-state index in [-0.39, 0.29) is 6.04 Å². The lowest BCUT2D eigenvalue weighted by molar-refractivity contribution is -0.143. The van der Waals surface area contributed by atoms with Gasteiger partial charge in [0.05, 0.1) is 13.0 Å². The van der Waals surface area contributed by atoms with Crippen LogP contribution in [-0.4, -0.2) is 39.6 Å².